The zero-order chi connectivity index (χ0) is 14.0. The predicted octanol–water partition coefficient (Wildman–Crippen LogP) is 2.87. The van der Waals surface area contributed by atoms with Gasteiger partial charge in [-0.1, -0.05) is 24.6 Å². The zero-order valence-electron chi connectivity index (χ0n) is 10.9. The number of hydrogen-bond donors (Lipinski definition) is 1. The van der Waals surface area contributed by atoms with Gasteiger partial charge in [0.25, 0.3) is 5.91 Å². The van der Waals surface area contributed by atoms with Crippen molar-refractivity contribution >= 4 is 29.2 Å². The Labute approximate surface area is 117 Å². The van der Waals surface area contributed by atoms with Crippen LogP contribution in [-0.2, 0) is 14.3 Å². The summed E-state index contributed by atoms with van der Waals surface area (Å²) in [6, 6.07) is 6.81. The number of rotatable bonds is 4. The van der Waals surface area contributed by atoms with E-state index in [1.165, 1.54) is 0 Å². The maximum Gasteiger partial charge on any atom is 0.309 e. The van der Waals surface area contributed by atoms with E-state index < -0.39 is 6.10 Å². The van der Waals surface area contributed by atoms with Crippen LogP contribution < -0.4 is 5.32 Å². The molecule has 0 saturated heterocycles. The zero-order valence-corrected chi connectivity index (χ0v) is 11.6. The van der Waals surface area contributed by atoms with Crippen LogP contribution in [0.4, 0.5) is 5.69 Å². The number of nitrogens with one attached hydrogen (secondary N) is 1. The van der Waals surface area contributed by atoms with E-state index in [2.05, 4.69) is 5.32 Å². The van der Waals surface area contributed by atoms with Crippen molar-refractivity contribution in [1.82, 2.24) is 0 Å². The molecule has 3 atom stereocenters. The molecule has 0 aromatic heterocycles. The molecule has 102 valence electrons. The van der Waals surface area contributed by atoms with Crippen LogP contribution in [0.25, 0.3) is 0 Å². The fourth-order valence-corrected chi connectivity index (χ4v) is 1.97. The van der Waals surface area contributed by atoms with Crippen LogP contribution in [0.1, 0.15) is 20.3 Å². The Morgan fingerprint density at radius 2 is 2.16 bits per heavy atom. The number of anilines is 1. The van der Waals surface area contributed by atoms with E-state index in [1.54, 1.807) is 31.2 Å². The van der Waals surface area contributed by atoms with Crippen LogP contribution in [0.2, 0.25) is 5.02 Å². The van der Waals surface area contributed by atoms with Gasteiger partial charge in [0.1, 0.15) is 0 Å². The first-order valence-corrected chi connectivity index (χ1v) is 6.62. The van der Waals surface area contributed by atoms with E-state index in [-0.39, 0.29) is 17.8 Å². The van der Waals surface area contributed by atoms with Gasteiger partial charge >= 0.3 is 5.97 Å². The molecule has 19 heavy (non-hydrogen) atoms. The van der Waals surface area contributed by atoms with Crippen molar-refractivity contribution in [2.45, 2.75) is 26.4 Å². The number of halogens is 1. The molecule has 1 aromatic rings. The number of ether oxygens (including phenoxy) is 1. The number of benzene rings is 1. The number of hydrogen-bond acceptors (Lipinski definition) is 3. The summed E-state index contributed by atoms with van der Waals surface area (Å²) in [6.07, 6.45) is 0.0425. The highest BCUT2D eigenvalue weighted by Gasteiger charge is 2.41. The minimum absolute atomic E-state index is 0.0404. The van der Waals surface area contributed by atoms with Gasteiger partial charge in [0.15, 0.2) is 6.10 Å². The van der Waals surface area contributed by atoms with Gasteiger partial charge in [0, 0.05) is 10.7 Å². The van der Waals surface area contributed by atoms with Gasteiger partial charge in [0.05, 0.1) is 5.92 Å². The van der Waals surface area contributed by atoms with Crippen LogP contribution in [0, 0.1) is 11.8 Å². The van der Waals surface area contributed by atoms with Crippen LogP contribution >= 0.6 is 11.6 Å². The number of carbonyl (C=O) groups is 2. The van der Waals surface area contributed by atoms with Crippen LogP contribution in [0.5, 0.6) is 0 Å². The van der Waals surface area contributed by atoms with Gasteiger partial charge < -0.3 is 10.1 Å². The lowest BCUT2D eigenvalue weighted by molar-refractivity contribution is -0.154. The Kier molecular flexibility index (Phi) is 4.10. The van der Waals surface area contributed by atoms with Crippen molar-refractivity contribution in [2.24, 2.45) is 11.8 Å². The Bertz CT molecular complexity index is 503. The average molecular weight is 282 g/mol. The third-order valence-corrected chi connectivity index (χ3v) is 3.40. The van der Waals surface area contributed by atoms with Gasteiger partial charge in [-0.15, -0.1) is 0 Å². The molecule has 1 aliphatic rings. The number of amides is 1. The molecule has 0 spiro atoms. The summed E-state index contributed by atoms with van der Waals surface area (Å²) in [4.78, 5) is 23.5. The first-order valence-electron chi connectivity index (χ1n) is 6.24. The van der Waals surface area contributed by atoms with Crippen molar-refractivity contribution in [3.63, 3.8) is 0 Å². The summed E-state index contributed by atoms with van der Waals surface area (Å²) in [5.74, 6) is -0.317. The first-order chi connectivity index (χ1) is 8.97. The molecule has 1 N–H and O–H groups in total. The van der Waals surface area contributed by atoms with Gasteiger partial charge in [-0.2, -0.15) is 0 Å². The molecule has 5 heteroatoms. The highest BCUT2D eigenvalue weighted by molar-refractivity contribution is 6.30. The quantitative estimate of drug-likeness (QED) is 0.864. The summed E-state index contributed by atoms with van der Waals surface area (Å²) >= 11 is 5.82. The second-order valence-corrected chi connectivity index (χ2v) is 5.33. The van der Waals surface area contributed by atoms with Gasteiger partial charge in [-0.05, 0) is 37.5 Å². The van der Waals surface area contributed by atoms with E-state index in [0.29, 0.717) is 16.6 Å². The second-order valence-electron chi connectivity index (χ2n) is 4.90. The molecule has 0 aliphatic heterocycles. The van der Waals surface area contributed by atoms with Crippen molar-refractivity contribution in [3.8, 4) is 0 Å². The lowest BCUT2D eigenvalue weighted by Gasteiger charge is -2.13. The SMILES string of the molecule is C[C@H](OC(=O)[C@H]1C[C@@H]1C)C(=O)Nc1cccc(Cl)c1. The third kappa shape index (κ3) is 3.70. The summed E-state index contributed by atoms with van der Waals surface area (Å²) in [5, 5.41) is 3.19. The molecule has 1 aromatic carbocycles. The predicted molar refractivity (Wildman–Crippen MR) is 72.9 cm³/mol. The topological polar surface area (TPSA) is 55.4 Å². The van der Waals surface area contributed by atoms with Crippen molar-refractivity contribution in [2.75, 3.05) is 5.32 Å². The minimum Gasteiger partial charge on any atom is -0.452 e. The largest absolute Gasteiger partial charge is 0.452 e. The van der Waals surface area contributed by atoms with Gasteiger partial charge in [-0.25, -0.2) is 0 Å². The number of esters is 1. The van der Waals surface area contributed by atoms with Crippen molar-refractivity contribution in [3.05, 3.63) is 29.3 Å². The van der Waals surface area contributed by atoms with Crippen molar-refractivity contribution in [1.29, 1.82) is 0 Å². The molecular weight excluding hydrogens is 266 g/mol. The van der Waals surface area contributed by atoms with Crippen LogP contribution in [0.3, 0.4) is 0 Å². The first kappa shape index (κ1) is 13.9. The molecule has 0 unspecified atom stereocenters. The molecule has 0 heterocycles. The Morgan fingerprint density at radius 1 is 1.47 bits per heavy atom. The van der Waals surface area contributed by atoms with E-state index >= 15 is 0 Å². The van der Waals surface area contributed by atoms with Crippen molar-refractivity contribution < 1.29 is 14.3 Å². The molecule has 1 amide bonds. The van der Waals surface area contributed by atoms with Crippen LogP contribution in [0.15, 0.2) is 24.3 Å². The summed E-state index contributed by atoms with van der Waals surface area (Å²) in [5.41, 5.74) is 0.584. The molecule has 1 saturated carbocycles. The normalized spacial score (nSPS) is 22.5. The molecule has 4 nitrogen and oxygen atoms in total. The highest BCUT2D eigenvalue weighted by atomic mass is 35.5. The van der Waals surface area contributed by atoms with E-state index in [4.69, 9.17) is 16.3 Å². The average Bonchev–Trinajstić information content (AvgIpc) is 3.06. The Balaban J connectivity index is 1.87. The third-order valence-electron chi connectivity index (χ3n) is 3.17. The maximum atomic E-state index is 11.9. The summed E-state index contributed by atoms with van der Waals surface area (Å²) in [6.45, 7) is 3.55. The lowest BCUT2D eigenvalue weighted by Crippen LogP contribution is -2.30. The Hall–Kier alpha value is -1.55. The molecule has 0 radical (unpaired) electrons. The molecule has 1 aliphatic carbocycles. The van der Waals surface area contributed by atoms with E-state index in [0.717, 1.165) is 6.42 Å². The summed E-state index contributed by atoms with van der Waals surface area (Å²) < 4.78 is 5.12. The minimum atomic E-state index is -0.806. The molecular formula is C14H16ClNO3. The monoisotopic (exact) mass is 281 g/mol. The molecule has 1 fully saturated rings. The van der Waals surface area contributed by atoms with E-state index in [1.807, 2.05) is 6.92 Å². The fraction of sp³-hybridized carbons (Fsp3) is 0.429. The Morgan fingerprint density at radius 3 is 2.74 bits per heavy atom. The molecule has 2 rings (SSSR count). The van der Waals surface area contributed by atoms with E-state index in [9.17, 15) is 9.59 Å². The number of carbonyl (C=O) groups excluding carboxylic acids is 2. The highest BCUT2D eigenvalue weighted by Crippen LogP contribution is 2.38. The summed E-state index contributed by atoms with van der Waals surface area (Å²) in [7, 11) is 0. The fourth-order valence-electron chi connectivity index (χ4n) is 1.78. The van der Waals surface area contributed by atoms with Gasteiger partial charge in [0.2, 0.25) is 0 Å². The van der Waals surface area contributed by atoms with Crippen LogP contribution in [-0.4, -0.2) is 18.0 Å². The smallest absolute Gasteiger partial charge is 0.309 e. The maximum absolute atomic E-state index is 11.9. The standard InChI is InChI=1S/C14H16ClNO3/c1-8-6-12(8)14(18)19-9(2)13(17)16-11-5-3-4-10(15)7-11/h3-5,7-9,12H,6H2,1-2H3,(H,16,17)/t8-,9-,12-/m0/s1. The second kappa shape index (κ2) is 5.61. The lowest BCUT2D eigenvalue weighted by atomic mass is 10.3. The molecule has 0 bridgehead atoms. The van der Waals surface area contributed by atoms with Gasteiger partial charge in [-0.3, -0.25) is 9.59 Å².